The van der Waals surface area contributed by atoms with E-state index in [1.807, 2.05) is 31.2 Å². The first-order chi connectivity index (χ1) is 12.9. The highest BCUT2D eigenvalue weighted by Gasteiger charge is 2.23. The lowest BCUT2D eigenvalue weighted by Crippen LogP contribution is -2.40. The van der Waals surface area contributed by atoms with Crippen molar-refractivity contribution in [1.29, 1.82) is 0 Å². The molecule has 4 nitrogen and oxygen atoms in total. The van der Waals surface area contributed by atoms with Gasteiger partial charge in [0.1, 0.15) is 17.3 Å². The zero-order valence-corrected chi connectivity index (χ0v) is 16.4. The van der Waals surface area contributed by atoms with Gasteiger partial charge in [0.15, 0.2) is 6.10 Å². The van der Waals surface area contributed by atoms with E-state index >= 15 is 0 Å². The quantitative estimate of drug-likeness (QED) is 0.680. The number of hydrogen-bond acceptors (Lipinski definition) is 3. The highest BCUT2D eigenvalue weighted by molar-refractivity contribution is 5.81. The standard InChI is InChI=1S/C22H28FNO3/c1-5-21(27-19-12-8-17(23)9-13-19)22(25)24-20(14-15(2)3)16-6-10-18(26-4)11-7-16/h6-13,15,20-21H,5,14H2,1-4H3,(H,24,25). The van der Waals surface area contributed by atoms with E-state index in [-0.39, 0.29) is 17.8 Å². The molecule has 146 valence electrons. The molecule has 1 N–H and O–H groups in total. The van der Waals surface area contributed by atoms with Crippen LogP contribution < -0.4 is 14.8 Å². The lowest BCUT2D eigenvalue weighted by molar-refractivity contribution is -0.129. The minimum atomic E-state index is -0.636. The van der Waals surface area contributed by atoms with Crippen LogP contribution in [0.5, 0.6) is 11.5 Å². The van der Waals surface area contributed by atoms with Gasteiger partial charge in [-0.3, -0.25) is 4.79 Å². The van der Waals surface area contributed by atoms with Gasteiger partial charge in [-0.1, -0.05) is 32.9 Å². The summed E-state index contributed by atoms with van der Waals surface area (Å²) in [5.41, 5.74) is 1.02. The van der Waals surface area contributed by atoms with Crippen molar-refractivity contribution in [3.8, 4) is 11.5 Å². The number of ether oxygens (including phenoxy) is 2. The fourth-order valence-corrected chi connectivity index (χ4v) is 2.85. The van der Waals surface area contributed by atoms with Gasteiger partial charge < -0.3 is 14.8 Å². The number of benzene rings is 2. The van der Waals surface area contributed by atoms with E-state index < -0.39 is 6.10 Å². The second-order valence-electron chi connectivity index (χ2n) is 6.93. The summed E-state index contributed by atoms with van der Waals surface area (Å²) in [5.74, 6) is 1.15. The van der Waals surface area contributed by atoms with Crippen LogP contribution in [0, 0.1) is 11.7 Å². The van der Waals surface area contributed by atoms with Crippen molar-refractivity contribution in [1.82, 2.24) is 5.32 Å². The number of rotatable bonds is 9. The second kappa shape index (κ2) is 9.95. The van der Waals surface area contributed by atoms with Crippen molar-refractivity contribution in [3.63, 3.8) is 0 Å². The van der Waals surface area contributed by atoms with Gasteiger partial charge in [-0.05, 0) is 60.7 Å². The third-order valence-corrected chi connectivity index (χ3v) is 4.30. The molecule has 2 rings (SSSR count). The zero-order valence-electron chi connectivity index (χ0n) is 16.4. The van der Waals surface area contributed by atoms with Crippen LogP contribution >= 0.6 is 0 Å². The van der Waals surface area contributed by atoms with Crippen LogP contribution in [-0.2, 0) is 4.79 Å². The number of carbonyl (C=O) groups is 1. The van der Waals surface area contributed by atoms with Crippen LogP contribution in [0.25, 0.3) is 0 Å². The Bertz CT molecular complexity index is 713. The molecule has 0 spiro atoms. The monoisotopic (exact) mass is 373 g/mol. The molecule has 0 aromatic heterocycles. The van der Waals surface area contributed by atoms with Crippen LogP contribution in [0.1, 0.15) is 45.2 Å². The summed E-state index contributed by atoms with van der Waals surface area (Å²) in [4.78, 5) is 12.8. The van der Waals surface area contributed by atoms with E-state index in [9.17, 15) is 9.18 Å². The molecule has 2 aromatic carbocycles. The molecule has 0 aliphatic heterocycles. The third kappa shape index (κ3) is 6.27. The van der Waals surface area contributed by atoms with Crippen LogP contribution in [0.4, 0.5) is 4.39 Å². The molecule has 2 atom stereocenters. The van der Waals surface area contributed by atoms with Crippen molar-refractivity contribution in [2.24, 2.45) is 5.92 Å². The highest BCUT2D eigenvalue weighted by Crippen LogP contribution is 2.24. The maximum absolute atomic E-state index is 13.1. The highest BCUT2D eigenvalue weighted by atomic mass is 19.1. The summed E-state index contributed by atoms with van der Waals surface area (Å²) < 4.78 is 24.0. The summed E-state index contributed by atoms with van der Waals surface area (Å²) in [6.07, 6.45) is 0.689. The fraction of sp³-hybridized carbons (Fsp3) is 0.409. The van der Waals surface area contributed by atoms with Crippen molar-refractivity contribution in [2.45, 2.75) is 45.8 Å². The predicted molar refractivity (Wildman–Crippen MR) is 104 cm³/mol. The van der Waals surface area contributed by atoms with Gasteiger partial charge >= 0.3 is 0 Å². The van der Waals surface area contributed by atoms with Gasteiger partial charge in [0.05, 0.1) is 13.2 Å². The first-order valence-electron chi connectivity index (χ1n) is 9.29. The summed E-state index contributed by atoms with van der Waals surface area (Å²) in [7, 11) is 1.63. The van der Waals surface area contributed by atoms with E-state index in [0.29, 0.717) is 18.1 Å². The molecule has 0 aliphatic carbocycles. The molecule has 0 radical (unpaired) electrons. The van der Waals surface area contributed by atoms with Crippen LogP contribution in [-0.4, -0.2) is 19.1 Å². The molecular weight excluding hydrogens is 345 g/mol. The Morgan fingerprint density at radius 1 is 1.04 bits per heavy atom. The maximum Gasteiger partial charge on any atom is 0.261 e. The molecule has 0 saturated carbocycles. The SMILES string of the molecule is CCC(Oc1ccc(F)cc1)C(=O)NC(CC(C)C)c1ccc(OC)cc1. The minimum absolute atomic E-state index is 0.116. The van der Waals surface area contributed by atoms with Crippen molar-refractivity contribution >= 4 is 5.91 Å². The van der Waals surface area contributed by atoms with Crippen molar-refractivity contribution < 1.29 is 18.7 Å². The van der Waals surface area contributed by atoms with E-state index in [1.165, 1.54) is 24.3 Å². The average molecular weight is 373 g/mol. The Labute approximate surface area is 160 Å². The topological polar surface area (TPSA) is 47.6 Å². The molecule has 0 saturated heterocycles. The lowest BCUT2D eigenvalue weighted by atomic mass is 9.96. The number of nitrogens with one attached hydrogen (secondary N) is 1. The van der Waals surface area contributed by atoms with Crippen LogP contribution in [0.15, 0.2) is 48.5 Å². The first kappa shape index (κ1) is 20.7. The third-order valence-electron chi connectivity index (χ3n) is 4.30. The van der Waals surface area contributed by atoms with E-state index in [0.717, 1.165) is 17.7 Å². The van der Waals surface area contributed by atoms with Crippen LogP contribution in [0.2, 0.25) is 0 Å². The average Bonchev–Trinajstić information content (AvgIpc) is 2.66. The van der Waals surface area contributed by atoms with Gasteiger partial charge in [-0.2, -0.15) is 0 Å². The van der Waals surface area contributed by atoms with Gasteiger partial charge in [0.2, 0.25) is 0 Å². The first-order valence-corrected chi connectivity index (χ1v) is 9.29. The molecule has 0 aliphatic rings. The number of methoxy groups -OCH3 is 1. The Kier molecular flexibility index (Phi) is 7.65. The van der Waals surface area contributed by atoms with Crippen LogP contribution in [0.3, 0.4) is 0 Å². The van der Waals surface area contributed by atoms with E-state index in [2.05, 4.69) is 19.2 Å². The number of halogens is 1. The van der Waals surface area contributed by atoms with Gasteiger partial charge in [-0.15, -0.1) is 0 Å². The number of carbonyl (C=O) groups excluding carboxylic acids is 1. The number of hydrogen-bond donors (Lipinski definition) is 1. The zero-order chi connectivity index (χ0) is 19.8. The molecule has 1 amide bonds. The van der Waals surface area contributed by atoms with Gasteiger partial charge in [0.25, 0.3) is 5.91 Å². The molecule has 5 heteroatoms. The summed E-state index contributed by atoms with van der Waals surface area (Å²) in [6.45, 7) is 6.13. The van der Waals surface area contributed by atoms with Gasteiger partial charge in [0, 0.05) is 0 Å². The summed E-state index contributed by atoms with van der Waals surface area (Å²) >= 11 is 0. The molecule has 2 aromatic rings. The Hall–Kier alpha value is -2.56. The molecule has 2 unspecified atom stereocenters. The fourth-order valence-electron chi connectivity index (χ4n) is 2.85. The second-order valence-corrected chi connectivity index (χ2v) is 6.93. The maximum atomic E-state index is 13.1. The Balaban J connectivity index is 2.10. The molecule has 0 fully saturated rings. The van der Waals surface area contributed by atoms with Crippen molar-refractivity contribution in [2.75, 3.05) is 7.11 Å². The minimum Gasteiger partial charge on any atom is -0.497 e. The van der Waals surface area contributed by atoms with E-state index in [1.54, 1.807) is 7.11 Å². The smallest absolute Gasteiger partial charge is 0.261 e. The van der Waals surface area contributed by atoms with Crippen molar-refractivity contribution in [3.05, 3.63) is 59.9 Å². The Morgan fingerprint density at radius 3 is 2.15 bits per heavy atom. The summed E-state index contributed by atoms with van der Waals surface area (Å²) in [5, 5.41) is 3.11. The Morgan fingerprint density at radius 2 is 1.63 bits per heavy atom. The molecule has 27 heavy (non-hydrogen) atoms. The molecule has 0 bridgehead atoms. The number of amides is 1. The van der Waals surface area contributed by atoms with Gasteiger partial charge in [-0.25, -0.2) is 4.39 Å². The normalized spacial score (nSPS) is 13.1. The lowest BCUT2D eigenvalue weighted by Gasteiger charge is -2.24. The van der Waals surface area contributed by atoms with E-state index in [4.69, 9.17) is 9.47 Å². The summed E-state index contributed by atoms with van der Waals surface area (Å²) in [6, 6.07) is 13.3. The molecule has 0 heterocycles. The molecular formula is C22H28FNO3. The largest absolute Gasteiger partial charge is 0.497 e. The predicted octanol–water partition coefficient (Wildman–Crippen LogP) is 4.90.